The predicted molar refractivity (Wildman–Crippen MR) is 66.3 cm³/mol. The Balaban J connectivity index is 2.48. The van der Waals surface area contributed by atoms with Crippen LogP contribution in [0.3, 0.4) is 0 Å². The molecule has 1 aliphatic heterocycles. The third kappa shape index (κ3) is 1.67. The molecule has 0 saturated carbocycles. The second-order valence-corrected chi connectivity index (χ2v) is 5.06. The highest BCUT2D eigenvalue weighted by Crippen LogP contribution is 2.39. The fraction of sp³-hybridized carbons (Fsp3) is 0.500. The zero-order valence-electron chi connectivity index (χ0n) is 10.1. The van der Waals surface area contributed by atoms with Crippen molar-refractivity contribution in [3.8, 4) is 6.07 Å². The molecule has 0 aliphatic carbocycles. The first-order chi connectivity index (χ1) is 7.57. The van der Waals surface area contributed by atoms with Crippen molar-refractivity contribution in [3.63, 3.8) is 0 Å². The van der Waals surface area contributed by atoms with Gasteiger partial charge in [-0.1, -0.05) is 32.0 Å². The van der Waals surface area contributed by atoms with Gasteiger partial charge in [0.2, 0.25) is 0 Å². The Morgan fingerprint density at radius 3 is 2.75 bits per heavy atom. The molecule has 0 fully saturated rings. The molecule has 3 atom stereocenters. The van der Waals surface area contributed by atoms with Gasteiger partial charge in [-0.3, -0.25) is 0 Å². The second kappa shape index (κ2) is 3.83. The zero-order chi connectivity index (χ0) is 11.8. The van der Waals surface area contributed by atoms with Crippen LogP contribution in [0.15, 0.2) is 24.3 Å². The van der Waals surface area contributed by atoms with Crippen molar-refractivity contribution in [2.45, 2.75) is 38.6 Å². The van der Waals surface area contributed by atoms with Gasteiger partial charge in [-0.05, 0) is 36.8 Å². The third-order valence-electron chi connectivity index (χ3n) is 3.81. The van der Waals surface area contributed by atoms with Gasteiger partial charge < -0.3 is 5.32 Å². The molecule has 0 saturated heterocycles. The summed E-state index contributed by atoms with van der Waals surface area (Å²) in [7, 11) is 0. The van der Waals surface area contributed by atoms with Gasteiger partial charge in [0.05, 0.1) is 6.07 Å². The lowest BCUT2D eigenvalue weighted by molar-refractivity contribution is 0.387. The van der Waals surface area contributed by atoms with E-state index in [9.17, 15) is 5.26 Å². The molecular weight excluding hydrogens is 196 g/mol. The van der Waals surface area contributed by atoms with Crippen LogP contribution >= 0.6 is 0 Å². The molecule has 1 N–H and O–H groups in total. The minimum Gasteiger partial charge on any atom is -0.367 e. The summed E-state index contributed by atoms with van der Waals surface area (Å²) in [5, 5.41) is 12.7. The molecule has 1 aromatic carbocycles. The Morgan fingerprint density at radius 1 is 1.38 bits per heavy atom. The molecule has 84 valence electrons. The van der Waals surface area contributed by atoms with Gasteiger partial charge in [0.1, 0.15) is 5.54 Å². The smallest absolute Gasteiger partial charge is 0.125 e. The van der Waals surface area contributed by atoms with Crippen molar-refractivity contribution in [2.75, 3.05) is 5.32 Å². The van der Waals surface area contributed by atoms with Crippen LogP contribution in [0.5, 0.6) is 0 Å². The Hall–Kier alpha value is -1.49. The summed E-state index contributed by atoms with van der Waals surface area (Å²) >= 11 is 0. The molecule has 2 nitrogen and oxygen atoms in total. The molecule has 0 radical (unpaired) electrons. The first-order valence-electron chi connectivity index (χ1n) is 5.85. The standard InChI is InChI=1S/C14H18N2/c1-10-8-11(2)14(3,9-15)16-13-7-5-4-6-12(10)13/h4-7,10-11,16H,8H2,1-3H3. The number of benzene rings is 1. The Bertz CT molecular complexity index is 433. The summed E-state index contributed by atoms with van der Waals surface area (Å²) in [4.78, 5) is 0. The first kappa shape index (κ1) is 11.0. The lowest BCUT2D eigenvalue weighted by Gasteiger charge is -2.28. The van der Waals surface area contributed by atoms with E-state index in [2.05, 4.69) is 43.4 Å². The fourth-order valence-electron chi connectivity index (χ4n) is 2.47. The average molecular weight is 214 g/mol. The molecule has 0 aromatic heterocycles. The molecule has 1 heterocycles. The quantitative estimate of drug-likeness (QED) is 0.717. The summed E-state index contributed by atoms with van der Waals surface area (Å²) in [6, 6.07) is 10.7. The van der Waals surface area contributed by atoms with E-state index in [4.69, 9.17) is 0 Å². The van der Waals surface area contributed by atoms with E-state index in [1.165, 1.54) is 5.56 Å². The summed E-state index contributed by atoms with van der Waals surface area (Å²) in [6.07, 6.45) is 1.05. The second-order valence-electron chi connectivity index (χ2n) is 5.06. The van der Waals surface area contributed by atoms with Crippen LogP contribution in [0.1, 0.15) is 38.7 Å². The van der Waals surface area contributed by atoms with E-state index in [0.717, 1.165) is 12.1 Å². The number of nitrogens with one attached hydrogen (secondary N) is 1. The molecule has 0 amide bonds. The van der Waals surface area contributed by atoms with E-state index in [0.29, 0.717) is 11.8 Å². The topological polar surface area (TPSA) is 35.8 Å². The zero-order valence-corrected chi connectivity index (χ0v) is 10.1. The molecule has 2 heteroatoms. The van der Waals surface area contributed by atoms with Gasteiger partial charge in [0.15, 0.2) is 0 Å². The summed E-state index contributed by atoms with van der Waals surface area (Å²) < 4.78 is 0. The van der Waals surface area contributed by atoms with Gasteiger partial charge in [-0.2, -0.15) is 5.26 Å². The molecule has 16 heavy (non-hydrogen) atoms. The summed E-state index contributed by atoms with van der Waals surface area (Å²) in [5.41, 5.74) is 1.98. The Morgan fingerprint density at radius 2 is 2.06 bits per heavy atom. The number of nitrogens with zero attached hydrogens (tertiary/aromatic N) is 1. The molecular formula is C14H18N2. The van der Waals surface area contributed by atoms with Gasteiger partial charge in [0, 0.05) is 5.69 Å². The number of anilines is 1. The van der Waals surface area contributed by atoms with Crippen molar-refractivity contribution in [1.82, 2.24) is 0 Å². The summed E-state index contributed by atoms with van der Waals surface area (Å²) in [5.74, 6) is 0.855. The summed E-state index contributed by atoms with van der Waals surface area (Å²) in [6.45, 7) is 6.38. The fourth-order valence-corrected chi connectivity index (χ4v) is 2.47. The Kier molecular flexibility index (Phi) is 2.63. The highest BCUT2D eigenvalue weighted by atomic mass is 15.0. The van der Waals surface area contributed by atoms with Crippen LogP contribution in [0, 0.1) is 17.2 Å². The molecule has 0 bridgehead atoms. The predicted octanol–water partition coefficient (Wildman–Crippen LogP) is 3.52. The number of para-hydroxylation sites is 1. The highest BCUT2D eigenvalue weighted by molar-refractivity contribution is 5.57. The van der Waals surface area contributed by atoms with Crippen LogP contribution in [-0.4, -0.2) is 5.54 Å². The van der Waals surface area contributed by atoms with E-state index in [1.807, 2.05) is 13.0 Å². The average Bonchev–Trinajstić information content (AvgIpc) is 2.37. The van der Waals surface area contributed by atoms with Gasteiger partial charge in [0.25, 0.3) is 0 Å². The van der Waals surface area contributed by atoms with Crippen molar-refractivity contribution < 1.29 is 0 Å². The van der Waals surface area contributed by atoms with Crippen molar-refractivity contribution >= 4 is 5.69 Å². The Labute approximate surface area is 97.3 Å². The number of hydrogen-bond acceptors (Lipinski definition) is 2. The molecule has 0 spiro atoms. The SMILES string of the molecule is CC1CC(C)C(C)(C#N)Nc2ccccc21. The van der Waals surface area contributed by atoms with E-state index in [1.54, 1.807) is 0 Å². The normalized spacial score (nSPS) is 33.1. The maximum atomic E-state index is 9.35. The minimum atomic E-state index is -0.457. The maximum absolute atomic E-state index is 9.35. The van der Waals surface area contributed by atoms with Gasteiger partial charge in [-0.15, -0.1) is 0 Å². The molecule has 3 unspecified atom stereocenters. The maximum Gasteiger partial charge on any atom is 0.125 e. The molecule has 1 aliphatic rings. The van der Waals surface area contributed by atoms with Crippen LogP contribution in [0.4, 0.5) is 5.69 Å². The highest BCUT2D eigenvalue weighted by Gasteiger charge is 2.35. The van der Waals surface area contributed by atoms with Crippen LogP contribution in [0.2, 0.25) is 0 Å². The largest absolute Gasteiger partial charge is 0.367 e. The lowest BCUT2D eigenvalue weighted by atomic mass is 9.82. The number of rotatable bonds is 0. The third-order valence-corrected chi connectivity index (χ3v) is 3.81. The molecule has 2 rings (SSSR count). The number of nitriles is 1. The minimum absolute atomic E-state index is 0.347. The first-order valence-corrected chi connectivity index (χ1v) is 5.85. The van der Waals surface area contributed by atoms with Crippen molar-refractivity contribution in [3.05, 3.63) is 29.8 Å². The van der Waals surface area contributed by atoms with Crippen molar-refractivity contribution in [1.29, 1.82) is 5.26 Å². The number of hydrogen-bond donors (Lipinski definition) is 1. The van der Waals surface area contributed by atoms with E-state index in [-0.39, 0.29) is 0 Å². The monoisotopic (exact) mass is 214 g/mol. The number of fused-ring (bicyclic) bond motifs is 1. The molecule has 1 aromatic rings. The van der Waals surface area contributed by atoms with Crippen LogP contribution in [0.25, 0.3) is 0 Å². The van der Waals surface area contributed by atoms with Gasteiger partial charge in [-0.25, -0.2) is 0 Å². The van der Waals surface area contributed by atoms with Crippen LogP contribution in [-0.2, 0) is 0 Å². The van der Waals surface area contributed by atoms with Gasteiger partial charge >= 0.3 is 0 Å². The van der Waals surface area contributed by atoms with E-state index >= 15 is 0 Å². The van der Waals surface area contributed by atoms with E-state index < -0.39 is 5.54 Å². The van der Waals surface area contributed by atoms with Crippen molar-refractivity contribution in [2.24, 2.45) is 5.92 Å². The lowest BCUT2D eigenvalue weighted by Crippen LogP contribution is -2.39. The van der Waals surface area contributed by atoms with Crippen LogP contribution < -0.4 is 5.32 Å².